The number of ether oxygens (including phenoxy) is 1. The van der Waals surface area contributed by atoms with E-state index in [0.29, 0.717) is 16.0 Å². The predicted molar refractivity (Wildman–Crippen MR) is 110 cm³/mol. The number of para-hydroxylation sites is 1. The smallest absolute Gasteiger partial charge is 0.339 e. The molecule has 28 heavy (non-hydrogen) atoms. The molecule has 0 amide bonds. The van der Waals surface area contributed by atoms with Crippen LogP contribution in [0.4, 0.5) is 0 Å². The van der Waals surface area contributed by atoms with Crippen molar-refractivity contribution in [1.82, 2.24) is 4.98 Å². The molecule has 0 saturated heterocycles. The van der Waals surface area contributed by atoms with Crippen LogP contribution in [0.3, 0.4) is 0 Å². The van der Waals surface area contributed by atoms with Gasteiger partial charge in [0, 0.05) is 27.1 Å². The van der Waals surface area contributed by atoms with Crippen LogP contribution in [-0.4, -0.2) is 34.4 Å². The van der Waals surface area contributed by atoms with Gasteiger partial charge < -0.3 is 9.72 Å². The lowest BCUT2D eigenvalue weighted by atomic mass is 10.0. The first kappa shape index (κ1) is 19.9. The molecule has 1 aromatic heterocycles. The van der Waals surface area contributed by atoms with E-state index in [1.54, 1.807) is 31.2 Å². The molecule has 0 saturated carbocycles. The van der Waals surface area contributed by atoms with Crippen LogP contribution in [0.1, 0.15) is 40.3 Å². The number of carbonyl (C=O) groups excluding carboxylic acids is 3. The van der Waals surface area contributed by atoms with Crippen molar-refractivity contribution in [2.75, 3.05) is 5.75 Å². The third kappa shape index (κ3) is 4.17. The quantitative estimate of drug-likeness (QED) is 0.360. The molecule has 6 heteroatoms. The highest BCUT2D eigenvalue weighted by Crippen LogP contribution is 2.26. The van der Waals surface area contributed by atoms with Crippen LogP contribution in [0.2, 0.25) is 0 Å². The molecule has 5 nitrogen and oxygen atoms in total. The summed E-state index contributed by atoms with van der Waals surface area (Å²) in [6.45, 7) is 4.90. The second-order valence-electron chi connectivity index (χ2n) is 6.57. The van der Waals surface area contributed by atoms with Crippen molar-refractivity contribution in [3.05, 3.63) is 65.4 Å². The van der Waals surface area contributed by atoms with E-state index in [9.17, 15) is 14.4 Å². The second kappa shape index (κ2) is 8.44. The lowest BCUT2D eigenvalue weighted by Crippen LogP contribution is -2.25. The maximum Gasteiger partial charge on any atom is 0.339 e. The molecule has 1 N–H and O–H groups in total. The van der Waals surface area contributed by atoms with E-state index in [-0.39, 0.29) is 17.3 Å². The van der Waals surface area contributed by atoms with Gasteiger partial charge in [-0.2, -0.15) is 0 Å². The minimum atomic E-state index is -0.934. The molecule has 3 aromatic rings. The molecule has 0 aliphatic carbocycles. The number of hydrogen-bond acceptors (Lipinski definition) is 5. The van der Waals surface area contributed by atoms with Gasteiger partial charge in [-0.3, -0.25) is 9.59 Å². The molecule has 0 aliphatic rings. The Morgan fingerprint density at radius 3 is 2.50 bits per heavy atom. The summed E-state index contributed by atoms with van der Waals surface area (Å²) in [5.74, 6) is -0.540. The molecule has 1 heterocycles. The maximum absolute atomic E-state index is 13.0. The number of aryl methyl sites for hydroxylation is 1. The lowest BCUT2D eigenvalue weighted by Gasteiger charge is -2.14. The zero-order chi connectivity index (χ0) is 20.3. The number of Topliss-reactive ketones (excluding diaryl/α,β-unsaturated/α-hetero) is 2. The van der Waals surface area contributed by atoms with Gasteiger partial charge in [0.25, 0.3) is 0 Å². The number of rotatable bonds is 7. The molecule has 0 unspecified atom stereocenters. The summed E-state index contributed by atoms with van der Waals surface area (Å²) >= 11 is 1.28. The summed E-state index contributed by atoms with van der Waals surface area (Å²) in [4.78, 5) is 40.7. The minimum Gasteiger partial charge on any atom is -0.451 e. The number of thioether (sulfide) groups is 1. The second-order valence-corrected chi connectivity index (χ2v) is 7.59. The Morgan fingerprint density at radius 2 is 1.75 bits per heavy atom. The Kier molecular flexibility index (Phi) is 5.99. The maximum atomic E-state index is 13.0. The highest BCUT2D eigenvalue weighted by atomic mass is 32.2. The number of H-pyrrole nitrogens is 1. The highest BCUT2D eigenvalue weighted by Gasteiger charge is 2.25. The van der Waals surface area contributed by atoms with Crippen molar-refractivity contribution in [3.63, 3.8) is 0 Å². The normalized spacial score (nSPS) is 12.0. The third-order valence-electron chi connectivity index (χ3n) is 4.33. The molecule has 1 atom stereocenters. The Bertz CT molecular complexity index is 1050. The zero-order valence-corrected chi connectivity index (χ0v) is 16.8. The Balaban J connectivity index is 1.80. The first-order valence-corrected chi connectivity index (χ1v) is 9.90. The van der Waals surface area contributed by atoms with Crippen LogP contribution in [0, 0.1) is 6.92 Å². The van der Waals surface area contributed by atoms with E-state index >= 15 is 0 Å². The van der Waals surface area contributed by atoms with Gasteiger partial charge in [0.05, 0.1) is 11.3 Å². The summed E-state index contributed by atoms with van der Waals surface area (Å²) in [5.41, 5.74) is 2.50. The van der Waals surface area contributed by atoms with Crippen molar-refractivity contribution < 1.29 is 19.1 Å². The molecule has 0 spiro atoms. The van der Waals surface area contributed by atoms with Gasteiger partial charge in [-0.05, 0) is 39.0 Å². The fourth-order valence-electron chi connectivity index (χ4n) is 3.02. The van der Waals surface area contributed by atoms with Crippen LogP contribution in [0.15, 0.2) is 53.4 Å². The molecule has 144 valence electrons. The Morgan fingerprint density at radius 1 is 1.07 bits per heavy atom. The van der Waals surface area contributed by atoms with Crippen LogP contribution < -0.4 is 0 Å². The molecule has 0 fully saturated rings. The van der Waals surface area contributed by atoms with Gasteiger partial charge in [0.15, 0.2) is 6.10 Å². The first-order chi connectivity index (χ1) is 13.4. The molecule has 0 bridgehead atoms. The fraction of sp³-hybridized carbons (Fsp3) is 0.227. The van der Waals surface area contributed by atoms with E-state index in [2.05, 4.69) is 4.98 Å². The highest BCUT2D eigenvalue weighted by molar-refractivity contribution is 8.00. The molecular formula is C22H21NO4S. The van der Waals surface area contributed by atoms with E-state index < -0.39 is 12.1 Å². The number of fused-ring (bicyclic) bond motifs is 1. The van der Waals surface area contributed by atoms with Crippen LogP contribution in [0.5, 0.6) is 0 Å². The predicted octanol–water partition coefficient (Wildman–Crippen LogP) is 4.59. The standard InChI is InChI=1S/C22H21NO4S/c1-13(24)12-28-19-11-7-5-9-17(19)22(26)27-15(3)21(25)20-14(2)23-18-10-6-4-8-16(18)20/h4-11,15,23H,12H2,1-3H3/t15-/m1/s1. The van der Waals surface area contributed by atoms with Gasteiger partial charge in [-0.25, -0.2) is 4.79 Å². The van der Waals surface area contributed by atoms with Crippen LogP contribution in [-0.2, 0) is 9.53 Å². The Labute approximate surface area is 167 Å². The van der Waals surface area contributed by atoms with Crippen molar-refractivity contribution in [2.45, 2.75) is 31.8 Å². The molecule has 2 aromatic carbocycles. The average molecular weight is 395 g/mol. The molecule has 3 rings (SSSR count). The van der Waals surface area contributed by atoms with Gasteiger partial charge in [0.2, 0.25) is 5.78 Å². The number of aromatic amines is 1. The number of ketones is 2. The summed E-state index contributed by atoms with van der Waals surface area (Å²) in [6.07, 6.45) is -0.934. The average Bonchev–Trinajstić information content (AvgIpc) is 3.01. The summed E-state index contributed by atoms with van der Waals surface area (Å²) in [6, 6.07) is 14.5. The van der Waals surface area contributed by atoms with Crippen molar-refractivity contribution >= 4 is 40.2 Å². The largest absolute Gasteiger partial charge is 0.451 e. The van der Waals surface area contributed by atoms with Crippen molar-refractivity contribution in [3.8, 4) is 0 Å². The number of esters is 1. The van der Waals surface area contributed by atoms with Crippen LogP contribution in [0.25, 0.3) is 10.9 Å². The topological polar surface area (TPSA) is 76.2 Å². The molecule has 0 radical (unpaired) electrons. The number of aromatic nitrogens is 1. The first-order valence-electron chi connectivity index (χ1n) is 8.92. The van der Waals surface area contributed by atoms with E-state index in [1.165, 1.54) is 18.7 Å². The molecular weight excluding hydrogens is 374 g/mol. The van der Waals surface area contributed by atoms with Gasteiger partial charge >= 0.3 is 5.97 Å². The minimum absolute atomic E-state index is 0.0199. The van der Waals surface area contributed by atoms with Gasteiger partial charge in [-0.1, -0.05) is 30.3 Å². The zero-order valence-electron chi connectivity index (χ0n) is 15.9. The molecule has 0 aliphatic heterocycles. The third-order valence-corrected chi connectivity index (χ3v) is 5.55. The van der Waals surface area contributed by atoms with Crippen LogP contribution >= 0.6 is 11.8 Å². The number of carbonyl (C=O) groups is 3. The SMILES string of the molecule is CC(=O)CSc1ccccc1C(=O)O[C@H](C)C(=O)c1c(C)[nH]c2ccccc12. The fourth-order valence-corrected chi connectivity index (χ4v) is 3.86. The van der Waals surface area contributed by atoms with Gasteiger partial charge in [-0.15, -0.1) is 11.8 Å². The number of benzene rings is 2. The van der Waals surface area contributed by atoms with Crippen molar-refractivity contribution in [1.29, 1.82) is 0 Å². The lowest BCUT2D eigenvalue weighted by molar-refractivity contribution is -0.114. The van der Waals surface area contributed by atoms with Crippen molar-refractivity contribution in [2.24, 2.45) is 0 Å². The monoisotopic (exact) mass is 395 g/mol. The number of hydrogen-bond donors (Lipinski definition) is 1. The van der Waals surface area contributed by atoms with E-state index in [0.717, 1.165) is 16.6 Å². The van der Waals surface area contributed by atoms with Gasteiger partial charge in [0.1, 0.15) is 5.78 Å². The summed E-state index contributed by atoms with van der Waals surface area (Å²) in [7, 11) is 0. The summed E-state index contributed by atoms with van der Waals surface area (Å²) in [5, 5.41) is 0.810. The number of nitrogens with one attached hydrogen (secondary N) is 1. The van der Waals surface area contributed by atoms with E-state index in [4.69, 9.17) is 4.74 Å². The van der Waals surface area contributed by atoms with E-state index in [1.807, 2.05) is 31.2 Å². The Hall–Kier alpha value is -2.86. The summed E-state index contributed by atoms with van der Waals surface area (Å²) < 4.78 is 5.47.